The molecule has 2 amide bonds. The lowest BCUT2D eigenvalue weighted by atomic mass is 10.1. The SMILES string of the molecule is Cc1cccc(C(=O)NCC(=O)Nc2nc(-c3ccc(Br)s3)cs2)c1. The van der Waals surface area contributed by atoms with Gasteiger partial charge in [0.1, 0.15) is 0 Å². The number of halogens is 1. The van der Waals surface area contributed by atoms with Gasteiger partial charge in [-0.2, -0.15) is 0 Å². The number of amides is 2. The highest BCUT2D eigenvalue weighted by atomic mass is 79.9. The largest absolute Gasteiger partial charge is 0.343 e. The topological polar surface area (TPSA) is 71.1 Å². The van der Waals surface area contributed by atoms with Crippen LogP contribution in [-0.4, -0.2) is 23.3 Å². The molecule has 1 aromatic carbocycles. The van der Waals surface area contributed by atoms with Crippen LogP contribution in [0.3, 0.4) is 0 Å². The third kappa shape index (κ3) is 4.75. The Bertz CT molecular complexity index is 920. The number of nitrogens with zero attached hydrogens (tertiary/aromatic N) is 1. The molecule has 2 heterocycles. The van der Waals surface area contributed by atoms with Gasteiger partial charge in [0.05, 0.1) is 20.9 Å². The maximum atomic E-state index is 12.0. The molecule has 0 fully saturated rings. The van der Waals surface area contributed by atoms with Crippen LogP contribution in [0.5, 0.6) is 0 Å². The fourth-order valence-electron chi connectivity index (χ4n) is 2.11. The Labute approximate surface area is 161 Å². The Hall–Kier alpha value is -2.03. The molecule has 0 spiro atoms. The zero-order valence-electron chi connectivity index (χ0n) is 13.2. The molecule has 0 atom stereocenters. The molecule has 0 saturated heterocycles. The lowest BCUT2D eigenvalue weighted by Crippen LogP contribution is -2.32. The van der Waals surface area contributed by atoms with Crippen molar-refractivity contribution in [3.63, 3.8) is 0 Å². The summed E-state index contributed by atoms with van der Waals surface area (Å²) in [7, 11) is 0. The second-order valence-corrected chi connectivity index (χ2v) is 8.56. The van der Waals surface area contributed by atoms with Gasteiger partial charge >= 0.3 is 0 Å². The van der Waals surface area contributed by atoms with Gasteiger partial charge in [-0.15, -0.1) is 22.7 Å². The Morgan fingerprint density at radius 3 is 2.80 bits per heavy atom. The van der Waals surface area contributed by atoms with Crippen LogP contribution < -0.4 is 10.6 Å². The monoisotopic (exact) mass is 435 g/mol. The van der Waals surface area contributed by atoms with Crippen LogP contribution in [0.15, 0.2) is 45.6 Å². The molecule has 0 aliphatic rings. The van der Waals surface area contributed by atoms with E-state index in [0.29, 0.717) is 10.7 Å². The molecule has 0 saturated carbocycles. The van der Waals surface area contributed by atoms with Crippen molar-refractivity contribution in [1.82, 2.24) is 10.3 Å². The average Bonchev–Trinajstić information content (AvgIpc) is 3.21. The minimum absolute atomic E-state index is 0.105. The summed E-state index contributed by atoms with van der Waals surface area (Å²) in [6.45, 7) is 1.81. The van der Waals surface area contributed by atoms with Gasteiger partial charge < -0.3 is 10.6 Å². The normalized spacial score (nSPS) is 10.5. The predicted molar refractivity (Wildman–Crippen MR) is 105 cm³/mol. The molecule has 2 N–H and O–H groups in total. The maximum Gasteiger partial charge on any atom is 0.251 e. The molecule has 8 heteroatoms. The van der Waals surface area contributed by atoms with Gasteiger partial charge in [0.15, 0.2) is 5.13 Å². The van der Waals surface area contributed by atoms with Crippen LogP contribution in [0, 0.1) is 6.92 Å². The van der Waals surface area contributed by atoms with Gasteiger partial charge in [0.25, 0.3) is 5.91 Å². The van der Waals surface area contributed by atoms with Crippen molar-refractivity contribution in [3.05, 3.63) is 56.7 Å². The number of aromatic nitrogens is 1. The predicted octanol–water partition coefficient (Wildman–Crippen LogP) is 4.31. The van der Waals surface area contributed by atoms with Crippen molar-refractivity contribution < 1.29 is 9.59 Å². The van der Waals surface area contributed by atoms with Gasteiger partial charge in [-0.1, -0.05) is 17.7 Å². The number of carbonyl (C=O) groups excluding carboxylic acids is 2. The lowest BCUT2D eigenvalue weighted by molar-refractivity contribution is -0.115. The molecule has 0 bridgehead atoms. The summed E-state index contributed by atoms with van der Waals surface area (Å²) >= 11 is 6.35. The smallest absolute Gasteiger partial charge is 0.251 e. The van der Waals surface area contributed by atoms with E-state index < -0.39 is 0 Å². The van der Waals surface area contributed by atoms with E-state index >= 15 is 0 Å². The highest BCUT2D eigenvalue weighted by Crippen LogP contribution is 2.32. The Kier molecular flexibility index (Phi) is 5.62. The zero-order valence-corrected chi connectivity index (χ0v) is 16.4. The first-order valence-electron chi connectivity index (χ1n) is 7.37. The number of thiophene rings is 1. The summed E-state index contributed by atoms with van der Waals surface area (Å²) < 4.78 is 1.03. The Balaban J connectivity index is 1.54. The van der Waals surface area contributed by atoms with Crippen molar-refractivity contribution >= 4 is 55.5 Å². The fourth-order valence-corrected chi connectivity index (χ4v) is 4.26. The van der Waals surface area contributed by atoms with E-state index in [1.807, 2.05) is 36.6 Å². The Morgan fingerprint density at radius 2 is 2.08 bits per heavy atom. The first-order chi connectivity index (χ1) is 12.0. The highest BCUT2D eigenvalue weighted by molar-refractivity contribution is 9.11. The summed E-state index contributed by atoms with van der Waals surface area (Å²) in [5, 5.41) is 7.71. The molecule has 0 aliphatic heterocycles. The number of anilines is 1. The number of benzene rings is 1. The van der Waals surface area contributed by atoms with Crippen molar-refractivity contribution in [2.24, 2.45) is 0 Å². The van der Waals surface area contributed by atoms with Crippen LogP contribution in [0.2, 0.25) is 0 Å². The van der Waals surface area contributed by atoms with E-state index in [4.69, 9.17) is 0 Å². The molecule has 3 aromatic rings. The molecule has 0 radical (unpaired) electrons. The standard InChI is InChI=1S/C17H14BrN3O2S2/c1-10-3-2-4-11(7-10)16(23)19-8-15(22)21-17-20-12(9-24-17)13-5-6-14(18)25-13/h2-7,9H,8H2,1H3,(H,19,23)(H,20,21,22). The number of aryl methyl sites for hydroxylation is 1. The number of rotatable bonds is 5. The zero-order chi connectivity index (χ0) is 17.8. The lowest BCUT2D eigenvalue weighted by Gasteiger charge is -2.05. The van der Waals surface area contributed by atoms with Crippen LogP contribution in [0.1, 0.15) is 15.9 Å². The van der Waals surface area contributed by atoms with Crippen molar-refractivity contribution in [2.75, 3.05) is 11.9 Å². The maximum absolute atomic E-state index is 12.0. The molecule has 0 unspecified atom stereocenters. The molecule has 5 nitrogen and oxygen atoms in total. The van der Waals surface area contributed by atoms with Gasteiger partial charge in [0.2, 0.25) is 5.91 Å². The quantitative estimate of drug-likeness (QED) is 0.626. The summed E-state index contributed by atoms with van der Waals surface area (Å²) in [5.74, 6) is -0.587. The highest BCUT2D eigenvalue weighted by Gasteiger charge is 2.11. The fraction of sp³-hybridized carbons (Fsp3) is 0.118. The molecule has 2 aromatic heterocycles. The number of thiazole rings is 1. The van der Waals surface area contributed by atoms with Crippen LogP contribution in [0.25, 0.3) is 10.6 Å². The van der Waals surface area contributed by atoms with Crippen LogP contribution >= 0.6 is 38.6 Å². The van der Waals surface area contributed by atoms with Crippen molar-refractivity contribution in [1.29, 1.82) is 0 Å². The minimum atomic E-state index is -0.311. The summed E-state index contributed by atoms with van der Waals surface area (Å²) in [6.07, 6.45) is 0. The molecule has 128 valence electrons. The second kappa shape index (κ2) is 7.90. The Morgan fingerprint density at radius 1 is 1.24 bits per heavy atom. The molecule has 25 heavy (non-hydrogen) atoms. The van der Waals surface area contributed by atoms with Crippen molar-refractivity contribution in [3.8, 4) is 10.6 Å². The van der Waals surface area contributed by atoms with Crippen LogP contribution in [-0.2, 0) is 4.79 Å². The molecule has 3 rings (SSSR count). The van der Waals surface area contributed by atoms with Crippen molar-refractivity contribution in [2.45, 2.75) is 6.92 Å². The molecular formula is C17H14BrN3O2S2. The molecular weight excluding hydrogens is 422 g/mol. The number of nitrogens with one attached hydrogen (secondary N) is 2. The van der Waals surface area contributed by atoms with Gasteiger partial charge in [-0.05, 0) is 47.1 Å². The van der Waals surface area contributed by atoms with E-state index in [1.54, 1.807) is 23.5 Å². The van der Waals surface area contributed by atoms with Gasteiger partial charge in [0, 0.05) is 10.9 Å². The molecule has 0 aliphatic carbocycles. The third-order valence-electron chi connectivity index (χ3n) is 3.27. The second-order valence-electron chi connectivity index (χ2n) is 5.24. The summed E-state index contributed by atoms with van der Waals surface area (Å²) in [6, 6.07) is 11.1. The van der Waals surface area contributed by atoms with Gasteiger partial charge in [-0.3, -0.25) is 9.59 Å². The number of hydrogen-bond donors (Lipinski definition) is 2. The van der Waals surface area contributed by atoms with E-state index in [1.165, 1.54) is 11.3 Å². The summed E-state index contributed by atoms with van der Waals surface area (Å²) in [4.78, 5) is 29.5. The van der Waals surface area contributed by atoms with E-state index in [0.717, 1.165) is 19.9 Å². The first-order valence-corrected chi connectivity index (χ1v) is 9.86. The van der Waals surface area contributed by atoms with E-state index in [9.17, 15) is 9.59 Å². The average molecular weight is 436 g/mol. The third-order valence-corrected chi connectivity index (χ3v) is 5.67. The number of carbonyl (C=O) groups is 2. The summed E-state index contributed by atoms with van der Waals surface area (Å²) in [5.41, 5.74) is 2.35. The first kappa shape index (κ1) is 17.8. The van der Waals surface area contributed by atoms with E-state index in [2.05, 4.69) is 31.5 Å². The van der Waals surface area contributed by atoms with Gasteiger partial charge in [-0.25, -0.2) is 4.98 Å². The van der Waals surface area contributed by atoms with Crippen LogP contribution in [0.4, 0.5) is 5.13 Å². The minimum Gasteiger partial charge on any atom is -0.343 e. The number of hydrogen-bond acceptors (Lipinski definition) is 5. The van der Waals surface area contributed by atoms with E-state index in [-0.39, 0.29) is 18.4 Å².